The van der Waals surface area contributed by atoms with Crippen LogP contribution in [0.5, 0.6) is 0 Å². The molecule has 4 aromatic heterocycles. The molecular formula is C32H16F4N8. The van der Waals surface area contributed by atoms with Crippen LogP contribution in [0.1, 0.15) is 0 Å². The highest BCUT2D eigenvalue weighted by molar-refractivity contribution is 6.01. The molecule has 0 fully saturated rings. The SMILES string of the molecule is Fc1c(F)c(F)c2c3[nH]c(c2c1F)=Nc1[nH]c(c2ccccc12)N=c1[nH]c(c2ccccc12)=Nc1[nH]c(c2ccccc12)N=3. The van der Waals surface area contributed by atoms with E-state index < -0.39 is 34.0 Å². The fraction of sp³-hybridized carbons (Fsp3) is 0. The zero-order valence-electron chi connectivity index (χ0n) is 22.2. The van der Waals surface area contributed by atoms with Gasteiger partial charge in [-0.1, -0.05) is 72.8 Å². The molecule has 44 heavy (non-hydrogen) atoms. The van der Waals surface area contributed by atoms with Gasteiger partial charge >= 0.3 is 0 Å². The number of aromatic nitrogens is 4. The smallest absolute Gasteiger partial charge is 0.198 e. The number of hydrogen-bond donors (Lipinski definition) is 4. The Kier molecular flexibility index (Phi) is 4.87. The number of nitrogens with one attached hydrogen (secondary N) is 4. The van der Waals surface area contributed by atoms with Crippen molar-refractivity contribution in [2.75, 3.05) is 0 Å². The minimum Gasteiger partial charge on any atom is -0.324 e. The van der Waals surface area contributed by atoms with Crippen molar-refractivity contribution in [2.45, 2.75) is 0 Å². The van der Waals surface area contributed by atoms with E-state index in [1.54, 1.807) is 24.3 Å². The van der Waals surface area contributed by atoms with E-state index in [9.17, 15) is 8.78 Å². The molecule has 0 spiro atoms. The number of H-pyrrole nitrogens is 4. The molecule has 0 radical (unpaired) electrons. The second-order valence-electron chi connectivity index (χ2n) is 10.4. The van der Waals surface area contributed by atoms with Crippen molar-refractivity contribution >= 4 is 66.4 Å². The molecule has 0 amide bonds. The summed E-state index contributed by atoms with van der Waals surface area (Å²) in [6, 6.07) is 22.1. The van der Waals surface area contributed by atoms with E-state index in [-0.39, 0.29) is 22.6 Å². The third kappa shape index (κ3) is 3.33. The number of hydrogen-bond acceptors (Lipinski definition) is 4. The second kappa shape index (κ2) is 8.74. The Bertz CT molecular complexity index is 2600. The van der Waals surface area contributed by atoms with Crippen molar-refractivity contribution in [1.82, 2.24) is 19.9 Å². The lowest BCUT2D eigenvalue weighted by Gasteiger charge is -2.00. The maximum absolute atomic E-state index is 15.4. The van der Waals surface area contributed by atoms with Crippen molar-refractivity contribution in [1.29, 1.82) is 0 Å². The van der Waals surface area contributed by atoms with Crippen LogP contribution in [0.2, 0.25) is 0 Å². The molecule has 5 heterocycles. The molecule has 1 aliphatic heterocycles. The third-order valence-corrected chi connectivity index (χ3v) is 7.89. The van der Waals surface area contributed by atoms with E-state index in [0.29, 0.717) is 44.2 Å². The quantitative estimate of drug-likeness (QED) is 0.0907. The van der Waals surface area contributed by atoms with Gasteiger partial charge in [0, 0.05) is 32.3 Å². The highest BCUT2D eigenvalue weighted by Crippen LogP contribution is 2.35. The molecule has 8 bridgehead atoms. The molecule has 0 unspecified atom stereocenters. The molecule has 0 atom stereocenters. The number of fused-ring (bicyclic) bond motifs is 20. The minimum atomic E-state index is -1.95. The molecule has 0 saturated heterocycles. The molecule has 9 rings (SSSR count). The Morgan fingerprint density at radius 1 is 0.341 bits per heavy atom. The molecule has 4 N–H and O–H groups in total. The first kappa shape index (κ1) is 24.5. The third-order valence-electron chi connectivity index (χ3n) is 7.89. The molecule has 8 nitrogen and oxygen atoms in total. The van der Waals surface area contributed by atoms with Gasteiger partial charge in [-0.25, -0.2) is 37.5 Å². The lowest BCUT2D eigenvalue weighted by molar-refractivity contribution is 0.418. The van der Waals surface area contributed by atoms with Crippen LogP contribution < -0.4 is 22.0 Å². The molecule has 12 heteroatoms. The normalized spacial score (nSPS) is 12.8. The lowest BCUT2D eigenvalue weighted by atomic mass is 10.1. The Morgan fingerprint density at radius 2 is 0.636 bits per heavy atom. The summed E-state index contributed by atoms with van der Waals surface area (Å²) in [6.45, 7) is 0. The summed E-state index contributed by atoms with van der Waals surface area (Å²) in [5.41, 5.74) is 0.550. The van der Waals surface area contributed by atoms with Crippen molar-refractivity contribution in [3.8, 4) is 0 Å². The molecule has 4 aromatic carbocycles. The summed E-state index contributed by atoms with van der Waals surface area (Å²) in [6.07, 6.45) is 0. The average molecular weight is 589 g/mol. The predicted octanol–water partition coefficient (Wildman–Crippen LogP) is 6.29. The second-order valence-corrected chi connectivity index (χ2v) is 10.4. The Labute approximate surface area is 241 Å². The largest absolute Gasteiger partial charge is 0.324 e. The van der Waals surface area contributed by atoms with Crippen LogP contribution in [-0.4, -0.2) is 19.9 Å². The zero-order valence-corrected chi connectivity index (χ0v) is 22.2. The Hall–Kier alpha value is -6.04. The number of halogens is 4. The average Bonchev–Trinajstić information content (AvgIpc) is 3.78. The Balaban J connectivity index is 1.53. The summed E-state index contributed by atoms with van der Waals surface area (Å²) in [5.74, 6) is -5.74. The van der Waals surface area contributed by atoms with Crippen molar-refractivity contribution < 1.29 is 17.6 Å². The number of rotatable bonds is 0. The predicted molar refractivity (Wildman–Crippen MR) is 156 cm³/mol. The van der Waals surface area contributed by atoms with Crippen molar-refractivity contribution in [2.24, 2.45) is 20.0 Å². The van der Waals surface area contributed by atoms with Crippen LogP contribution >= 0.6 is 0 Å². The summed E-state index contributed by atoms with van der Waals surface area (Å²) in [4.78, 5) is 31.4. The first-order chi connectivity index (χ1) is 21.5. The van der Waals surface area contributed by atoms with Gasteiger partial charge in [0.2, 0.25) is 0 Å². The topological polar surface area (TPSA) is 113 Å². The van der Waals surface area contributed by atoms with Crippen LogP contribution in [0.4, 0.5) is 40.8 Å². The summed E-state index contributed by atoms with van der Waals surface area (Å²) < 4.78 is 59.9. The van der Waals surface area contributed by atoms with Crippen molar-refractivity contribution in [3.63, 3.8) is 0 Å². The molecule has 0 aliphatic carbocycles. The van der Waals surface area contributed by atoms with Crippen LogP contribution in [0.3, 0.4) is 0 Å². The summed E-state index contributed by atoms with van der Waals surface area (Å²) in [5, 5.41) is 3.09. The van der Waals surface area contributed by atoms with E-state index >= 15 is 8.78 Å². The van der Waals surface area contributed by atoms with Crippen LogP contribution in [0.15, 0.2) is 92.8 Å². The van der Waals surface area contributed by atoms with Gasteiger partial charge in [-0.05, 0) is 0 Å². The van der Waals surface area contributed by atoms with Gasteiger partial charge in [0.15, 0.2) is 23.3 Å². The monoisotopic (exact) mass is 588 g/mol. The van der Waals surface area contributed by atoms with Crippen molar-refractivity contribution in [3.05, 3.63) is 118 Å². The zero-order chi connectivity index (χ0) is 29.7. The first-order valence-electron chi connectivity index (χ1n) is 13.5. The van der Waals surface area contributed by atoms with E-state index in [1.807, 2.05) is 48.5 Å². The number of aromatic amines is 4. The number of benzene rings is 4. The maximum Gasteiger partial charge on any atom is 0.198 e. The van der Waals surface area contributed by atoms with Gasteiger partial charge in [0.05, 0.1) is 10.8 Å². The van der Waals surface area contributed by atoms with Gasteiger partial charge in [0.1, 0.15) is 45.2 Å². The Morgan fingerprint density at radius 3 is 1.00 bits per heavy atom. The highest BCUT2D eigenvalue weighted by atomic mass is 19.2. The summed E-state index contributed by atoms with van der Waals surface area (Å²) in [7, 11) is 0. The lowest BCUT2D eigenvalue weighted by Crippen LogP contribution is -2.10. The fourth-order valence-corrected chi connectivity index (χ4v) is 5.89. The minimum absolute atomic E-state index is 0.235. The fourth-order valence-electron chi connectivity index (χ4n) is 5.89. The van der Waals surface area contributed by atoms with E-state index in [1.165, 1.54) is 0 Å². The van der Waals surface area contributed by atoms with E-state index in [0.717, 1.165) is 10.8 Å². The molecule has 0 saturated carbocycles. The van der Waals surface area contributed by atoms with Crippen LogP contribution in [0, 0.1) is 23.3 Å². The summed E-state index contributed by atoms with van der Waals surface area (Å²) >= 11 is 0. The maximum atomic E-state index is 15.4. The highest BCUT2D eigenvalue weighted by Gasteiger charge is 2.25. The van der Waals surface area contributed by atoms with Crippen LogP contribution in [-0.2, 0) is 0 Å². The van der Waals surface area contributed by atoms with Gasteiger partial charge < -0.3 is 19.9 Å². The van der Waals surface area contributed by atoms with Gasteiger partial charge in [-0.3, -0.25) is 0 Å². The molecule has 8 aromatic rings. The first-order valence-corrected chi connectivity index (χ1v) is 13.5. The van der Waals surface area contributed by atoms with Gasteiger partial charge in [-0.15, -0.1) is 0 Å². The van der Waals surface area contributed by atoms with E-state index in [2.05, 4.69) is 29.9 Å². The molecular weight excluding hydrogens is 572 g/mol. The van der Waals surface area contributed by atoms with Gasteiger partial charge in [0.25, 0.3) is 0 Å². The molecule has 1 aliphatic rings. The molecule has 212 valence electrons. The standard InChI is InChI=1S/C32H16F4N8/c33-21-19-20(22(34)24(36)23(21)35)32-43-30-18-12-6-4-10-16(18)28(41-30)39-26-14-8-2-1-7-13(14)25(37-26)38-27-15-9-3-5-11-17(15)29(40-27)42-31(19)44-32/h1-12H,(H4,37,38,39,40,41,42,43,44). The van der Waals surface area contributed by atoms with E-state index in [4.69, 9.17) is 9.98 Å². The van der Waals surface area contributed by atoms with Crippen LogP contribution in [0.25, 0.3) is 43.1 Å². The van der Waals surface area contributed by atoms with Gasteiger partial charge in [-0.2, -0.15) is 0 Å². The number of nitrogens with zero attached hydrogens (tertiary/aromatic N) is 4.